The predicted octanol–water partition coefficient (Wildman–Crippen LogP) is 4.96. The lowest BCUT2D eigenvalue weighted by atomic mass is 9.94. The van der Waals surface area contributed by atoms with Gasteiger partial charge in [-0.1, -0.05) is 59.8 Å². The molecule has 0 radical (unpaired) electrons. The van der Waals surface area contributed by atoms with Gasteiger partial charge in [0.1, 0.15) is 6.10 Å². The summed E-state index contributed by atoms with van der Waals surface area (Å²) < 4.78 is 5.34. The third kappa shape index (κ3) is 8.54. The Morgan fingerprint density at radius 3 is 2.17 bits per heavy atom. The largest absolute Gasteiger partial charge is 0.462 e. The first-order valence-corrected chi connectivity index (χ1v) is 7.70. The van der Waals surface area contributed by atoms with Crippen molar-refractivity contribution in [2.45, 2.75) is 85.7 Å². The van der Waals surface area contributed by atoms with Crippen LogP contribution in [0.25, 0.3) is 0 Å². The maximum Gasteiger partial charge on any atom is 0.305 e. The maximum atomic E-state index is 11.2. The van der Waals surface area contributed by atoms with Crippen LogP contribution >= 0.6 is 0 Å². The molecule has 0 aromatic rings. The van der Waals surface area contributed by atoms with Crippen LogP contribution in [0.5, 0.6) is 0 Å². The SMILES string of the molecule is CCC[C@@H](C)CCCC[C@@H](C)[C@H](C)OC(=O)CC. The van der Waals surface area contributed by atoms with Gasteiger partial charge in [-0.15, -0.1) is 0 Å². The summed E-state index contributed by atoms with van der Waals surface area (Å²) >= 11 is 0. The van der Waals surface area contributed by atoms with Gasteiger partial charge < -0.3 is 4.74 Å². The number of unbranched alkanes of at least 4 members (excludes halogenated alkanes) is 1. The fourth-order valence-electron chi connectivity index (χ4n) is 2.24. The number of hydrogen-bond donors (Lipinski definition) is 0. The van der Waals surface area contributed by atoms with Crippen molar-refractivity contribution in [2.75, 3.05) is 0 Å². The summed E-state index contributed by atoms with van der Waals surface area (Å²) in [6.45, 7) is 10.6. The molecule has 0 saturated heterocycles. The molecule has 3 atom stereocenters. The second-order valence-corrected chi connectivity index (χ2v) is 5.70. The van der Waals surface area contributed by atoms with Crippen LogP contribution in [0.3, 0.4) is 0 Å². The van der Waals surface area contributed by atoms with E-state index in [0.717, 1.165) is 12.3 Å². The zero-order chi connectivity index (χ0) is 14.0. The Morgan fingerprint density at radius 1 is 1.00 bits per heavy atom. The first kappa shape index (κ1) is 17.5. The molecular formula is C16H32O2. The van der Waals surface area contributed by atoms with Crippen LogP contribution < -0.4 is 0 Å². The Balaban J connectivity index is 3.63. The summed E-state index contributed by atoms with van der Waals surface area (Å²) in [5.41, 5.74) is 0. The molecule has 0 rings (SSSR count). The fraction of sp³-hybridized carbons (Fsp3) is 0.938. The minimum atomic E-state index is -0.0779. The van der Waals surface area contributed by atoms with E-state index in [-0.39, 0.29) is 12.1 Å². The highest BCUT2D eigenvalue weighted by Crippen LogP contribution is 2.19. The van der Waals surface area contributed by atoms with Gasteiger partial charge in [0, 0.05) is 6.42 Å². The van der Waals surface area contributed by atoms with E-state index in [2.05, 4.69) is 20.8 Å². The van der Waals surface area contributed by atoms with Gasteiger partial charge in [-0.3, -0.25) is 4.79 Å². The molecule has 2 heteroatoms. The van der Waals surface area contributed by atoms with Gasteiger partial charge in [-0.05, 0) is 25.2 Å². The molecule has 108 valence electrons. The Morgan fingerprint density at radius 2 is 1.61 bits per heavy atom. The van der Waals surface area contributed by atoms with Gasteiger partial charge in [0.25, 0.3) is 0 Å². The zero-order valence-corrected chi connectivity index (χ0v) is 13.0. The van der Waals surface area contributed by atoms with Crippen LogP contribution in [0.1, 0.15) is 79.6 Å². The third-order valence-corrected chi connectivity index (χ3v) is 3.80. The normalized spacial score (nSPS) is 16.1. The van der Waals surface area contributed by atoms with E-state index in [1.54, 1.807) is 0 Å². The molecule has 0 aromatic carbocycles. The highest BCUT2D eigenvalue weighted by molar-refractivity contribution is 5.69. The summed E-state index contributed by atoms with van der Waals surface area (Å²) in [5, 5.41) is 0. The lowest BCUT2D eigenvalue weighted by Crippen LogP contribution is -2.21. The summed E-state index contributed by atoms with van der Waals surface area (Å²) in [5.74, 6) is 1.26. The molecule has 0 bridgehead atoms. The summed E-state index contributed by atoms with van der Waals surface area (Å²) in [6, 6.07) is 0. The fourth-order valence-corrected chi connectivity index (χ4v) is 2.24. The molecular weight excluding hydrogens is 224 g/mol. The van der Waals surface area contributed by atoms with Crippen LogP contribution in [-0.2, 0) is 9.53 Å². The van der Waals surface area contributed by atoms with Gasteiger partial charge >= 0.3 is 5.97 Å². The van der Waals surface area contributed by atoms with Crippen molar-refractivity contribution >= 4 is 5.97 Å². The molecule has 0 saturated carbocycles. The van der Waals surface area contributed by atoms with Gasteiger partial charge in [0.05, 0.1) is 0 Å². The minimum absolute atomic E-state index is 0.0607. The average molecular weight is 256 g/mol. The van der Waals surface area contributed by atoms with Crippen molar-refractivity contribution in [1.82, 2.24) is 0 Å². The average Bonchev–Trinajstić information content (AvgIpc) is 2.34. The van der Waals surface area contributed by atoms with Gasteiger partial charge in [-0.25, -0.2) is 0 Å². The first-order chi connectivity index (χ1) is 8.51. The monoisotopic (exact) mass is 256 g/mol. The van der Waals surface area contributed by atoms with Crippen molar-refractivity contribution in [1.29, 1.82) is 0 Å². The van der Waals surface area contributed by atoms with Crippen molar-refractivity contribution < 1.29 is 9.53 Å². The van der Waals surface area contributed by atoms with E-state index in [1.807, 2.05) is 13.8 Å². The minimum Gasteiger partial charge on any atom is -0.462 e. The second kappa shape index (κ2) is 10.4. The molecule has 0 fully saturated rings. The lowest BCUT2D eigenvalue weighted by molar-refractivity contribution is -0.150. The van der Waals surface area contributed by atoms with Crippen molar-refractivity contribution in [3.63, 3.8) is 0 Å². The number of carbonyl (C=O) groups is 1. The quantitative estimate of drug-likeness (QED) is 0.408. The molecule has 0 spiro atoms. The third-order valence-electron chi connectivity index (χ3n) is 3.80. The molecule has 0 aromatic heterocycles. The Labute approximate surface area is 113 Å². The zero-order valence-electron chi connectivity index (χ0n) is 13.0. The van der Waals surface area contributed by atoms with Crippen molar-refractivity contribution in [3.05, 3.63) is 0 Å². The van der Waals surface area contributed by atoms with E-state index in [4.69, 9.17) is 4.74 Å². The molecule has 2 nitrogen and oxygen atoms in total. The standard InChI is InChI=1S/C16H32O2/c1-6-10-13(3)11-8-9-12-14(4)15(5)18-16(17)7-2/h13-15H,6-12H2,1-5H3/t13-,14-,15+/m1/s1. The number of hydrogen-bond acceptors (Lipinski definition) is 2. The number of rotatable bonds is 10. The molecule has 0 amide bonds. The molecule has 0 N–H and O–H groups in total. The van der Waals surface area contributed by atoms with Crippen LogP contribution in [0, 0.1) is 11.8 Å². The summed E-state index contributed by atoms with van der Waals surface area (Å²) in [6.07, 6.45) is 8.24. The highest BCUT2D eigenvalue weighted by Gasteiger charge is 2.15. The smallest absolute Gasteiger partial charge is 0.305 e. The number of ether oxygens (including phenoxy) is 1. The van der Waals surface area contributed by atoms with E-state index < -0.39 is 0 Å². The molecule has 0 aliphatic rings. The number of carbonyl (C=O) groups excluding carboxylic acids is 1. The van der Waals surface area contributed by atoms with Gasteiger partial charge in [0.15, 0.2) is 0 Å². The van der Waals surface area contributed by atoms with Crippen LogP contribution in [-0.4, -0.2) is 12.1 Å². The molecule has 0 aliphatic carbocycles. The summed E-state index contributed by atoms with van der Waals surface area (Å²) in [7, 11) is 0. The topological polar surface area (TPSA) is 26.3 Å². The molecule has 18 heavy (non-hydrogen) atoms. The lowest BCUT2D eigenvalue weighted by Gasteiger charge is -2.20. The van der Waals surface area contributed by atoms with E-state index in [0.29, 0.717) is 12.3 Å². The van der Waals surface area contributed by atoms with E-state index in [9.17, 15) is 4.79 Å². The van der Waals surface area contributed by atoms with Crippen LogP contribution in [0.4, 0.5) is 0 Å². The van der Waals surface area contributed by atoms with E-state index in [1.165, 1.54) is 32.1 Å². The van der Waals surface area contributed by atoms with E-state index >= 15 is 0 Å². The molecule has 0 heterocycles. The second-order valence-electron chi connectivity index (χ2n) is 5.70. The maximum absolute atomic E-state index is 11.2. The Kier molecular flexibility index (Phi) is 10.1. The number of esters is 1. The van der Waals surface area contributed by atoms with Crippen molar-refractivity contribution in [3.8, 4) is 0 Å². The highest BCUT2D eigenvalue weighted by atomic mass is 16.5. The van der Waals surface area contributed by atoms with Crippen molar-refractivity contribution in [2.24, 2.45) is 11.8 Å². The van der Waals surface area contributed by atoms with Gasteiger partial charge in [-0.2, -0.15) is 0 Å². The molecule has 0 unspecified atom stereocenters. The Bertz CT molecular complexity index is 213. The van der Waals surface area contributed by atoms with Gasteiger partial charge in [0.2, 0.25) is 0 Å². The first-order valence-electron chi connectivity index (χ1n) is 7.70. The predicted molar refractivity (Wildman–Crippen MR) is 77.5 cm³/mol. The molecule has 0 aliphatic heterocycles. The van der Waals surface area contributed by atoms with Crippen LogP contribution in [0.15, 0.2) is 0 Å². The van der Waals surface area contributed by atoms with Crippen LogP contribution in [0.2, 0.25) is 0 Å². The Hall–Kier alpha value is -0.530. The summed E-state index contributed by atoms with van der Waals surface area (Å²) in [4.78, 5) is 11.2.